The average Bonchev–Trinajstić information content (AvgIpc) is 2.74. The smallest absolute Gasteiger partial charge is 0.243 e. The van der Waals surface area contributed by atoms with E-state index in [0.29, 0.717) is 13.1 Å². The fourth-order valence-corrected chi connectivity index (χ4v) is 4.95. The molecule has 30 heavy (non-hydrogen) atoms. The number of nitrogens with zero attached hydrogens (tertiary/aromatic N) is 2. The summed E-state index contributed by atoms with van der Waals surface area (Å²) in [4.78, 5) is 26.4. The molecule has 0 bridgehead atoms. The summed E-state index contributed by atoms with van der Waals surface area (Å²) in [6.45, 7) is 4.48. The summed E-state index contributed by atoms with van der Waals surface area (Å²) in [7, 11) is -3.57. The summed E-state index contributed by atoms with van der Waals surface area (Å²) in [5, 5.41) is 2.83. The maximum absolute atomic E-state index is 12.8. The Labute approximate surface area is 177 Å². The number of piperazine rings is 1. The molecule has 0 radical (unpaired) electrons. The van der Waals surface area contributed by atoms with Crippen LogP contribution in [0.4, 0.5) is 0 Å². The van der Waals surface area contributed by atoms with Gasteiger partial charge in [0, 0.05) is 33.1 Å². The lowest BCUT2D eigenvalue weighted by atomic mass is 10.0. The molecular formula is C22H27N3O4S. The van der Waals surface area contributed by atoms with Crippen molar-refractivity contribution in [2.45, 2.75) is 31.2 Å². The SMILES string of the molecule is CC(=O)NC(CC(=O)N1CCN(S(=O)(=O)c2ccc(C)cc2)CC1)c1ccccc1. The molecule has 7 nitrogen and oxygen atoms in total. The Bertz CT molecular complexity index is 983. The number of amides is 2. The van der Waals surface area contributed by atoms with Gasteiger partial charge in [-0.1, -0.05) is 48.0 Å². The van der Waals surface area contributed by atoms with Gasteiger partial charge in [0.2, 0.25) is 21.8 Å². The second kappa shape index (κ2) is 9.40. The molecular weight excluding hydrogens is 402 g/mol. The molecule has 0 saturated carbocycles. The molecule has 1 unspecified atom stereocenters. The van der Waals surface area contributed by atoms with E-state index in [9.17, 15) is 18.0 Å². The van der Waals surface area contributed by atoms with Crippen molar-refractivity contribution >= 4 is 21.8 Å². The number of hydrogen-bond acceptors (Lipinski definition) is 4. The summed E-state index contributed by atoms with van der Waals surface area (Å²) in [6, 6.07) is 15.7. The number of nitrogens with one attached hydrogen (secondary N) is 1. The van der Waals surface area contributed by atoms with Crippen molar-refractivity contribution in [1.82, 2.24) is 14.5 Å². The number of aryl methyl sites for hydroxylation is 1. The van der Waals surface area contributed by atoms with Gasteiger partial charge in [0.05, 0.1) is 17.4 Å². The molecule has 1 heterocycles. The van der Waals surface area contributed by atoms with Gasteiger partial charge in [-0.3, -0.25) is 9.59 Å². The Hall–Kier alpha value is -2.71. The van der Waals surface area contributed by atoms with Gasteiger partial charge in [-0.25, -0.2) is 8.42 Å². The Morgan fingerprint density at radius 2 is 1.57 bits per heavy atom. The monoisotopic (exact) mass is 429 g/mol. The van der Waals surface area contributed by atoms with Gasteiger partial charge in [-0.15, -0.1) is 0 Å². The van der Waals surface area contributed by atoms with E-state index < -0.39 is 16.1 Å². The molecule has 1 fully saturated rings. The van der Waals surface area contributed by atoms with Crippen LogP contribution in [0.3, 0.4) is 0 Å². The normalized spacial score (nSPS) is 16.1. The first-order valence-corrected chi connectivity index (χ1v) is 11.4. The van der Waals surface area contributed by atoms with Crippen LogP contribution in [0.5, 0.6) is 0 Å². The maximum Gasteiger partial charge on any atom is 0.243 e. The maximum atomic E-state index is 12.8. The van der Waals surface area contributed by atoms with Gasteiger partial charge >= 0.3 is 0 Å². The third kappa shape index (κ3) is 5.25. The highest BCUT2D eigenvalue weighted by Crippen LogP contribution is 2.21. The van der Waals surface area contributed by atoms with Gasteiger partial charge in [0.1, 0.15) is 0 Å². The molecule has 160 valence electrons. The molecule has 1 aliphatic heterocycles. The number of carbonyl (C=O) groups is 2. The molecule has 0 aliphatic carbocycles. The third-order valence-corrected chi connectivity index (χ3v) is 7.12. The minimum Gasteiger partial charge on any atom is -0.349 e. The first kappa shape index (κ1) is 22.0. The predicted molar refractivity (Wildman–Crippen MR) is 114 cm³/mol. The first-order chi connectivity index (χ1) is 14.3. The molecule has 2 amide bonds. The zero-order valence-corrected chi connectivity index (χ0v) is 18.1. The summed E-state index contributed by atoms with van der Waals surface area (Å²) < 4.78 is 27.1. The quantitative estimate of drug-likeness (QED) is 0.762. The second-order valence-electron chi connectivity index (χ2n) is 7.47. The highest BCUT2D eigenvalue weighted by Gasteiger charge is 2.31. The topological polar surface area (TPSA) is 86.8 Å². The van der Waals surface area contributed by atoms with E-state index >= 15 is 0 Å². The summed E-state index contributed by atoms with van der Waals surface area (Å²) >= 11 is 0. The van der Waals surface area contributed by atoms with E-state index in [1.54, 1.807) is 29.2 Å². The van der Waals surface area contributed by atoms with E-state index in [0.717, 1.165) is 11.1 Å². The van der Waals surface area contributed by atoms with Crippen molar-refractivity contribution in [3.05, 3.63) is 65.7 Å². The van der Waals surface area contributed by atoms with Crippen molar-refractivity contribution in [2.75, 3.05) is 26.2 Å². The number of benzene rings is 2. The van der Waals surface area contributed by atoms with E-state index in [1.165, 1.54) is 11.2 Å². The van der Waals surface area contributed by atoms with Crippen molar-refractivity contribution < 1.29 is 18.0 Å². The Morgan fingerprint density at radius 3 is 2.13 bits per heavy atom. The van der Waals surface area contributed by atoms with Crippen LogP contribution in [0.2, 0.25) is 0 Å². The van der Waals surface area contributed by atoms with Crippen LogP contribution in [-0.4, -0.2) is 55.6 Å². The first-order valence-electron chi connectivity index (χ1n) is 9.94. The fraction of sp³-hybridized carbons (Fsp3) is 0.364. The van der Waals surface area contributed by atoms with Crippen molar-refractivity contribution in [1.29, 1.82) is 0 Å². The summed E-state index contributed by atoms with van der Waals surface area (Å²) in [6.07, 6.45) is 0.133. The lowest BCUT2D eigenvalue weighted by Crippen LogP contribution is -2.51. The van der Waals surface area contributed by atoms with Crippen LogP contribution in [0, 0.1) is 6.92 Å². The average molecular weight is 430 g/mol. The summed E-state index contributed by atoms with van der Waals surface area (Å²) in [5.41, 5.74) is 1.86. The van der Waals surface area contributed by atoms with Crippen LogP contribution >= 0.6 is 0 Å². The predicted octanol–water partition coefficient (Wildman–Crippen LogP) is 2.10. The molecule has 2 aromatic rings. The van der Waals surface area contributed by atoms with Gasteiger partial charge in [0.25, 0.3) is 0 Å². The van der Waals surface area contributed by atoms with Gasteiger partial charge < -0.3 is 10.2 Å². The van der Waals surface area contributed by atoms with Crippen LogP contribution < -0.4 is 5.32 Å². The van der Waals surface area contributed by atoms with E-state index in [4.69, 9.17) is 0 Å². The van der Waals surface area contributed by atoms with Crippen LogP contribution in [0.25, 0.3) is 0 Å². The molecule has 0 aromatic heterocycles. The van der Waals surface area contributed by atoms with E-state index in [2.05, 4.69) is 5.32 Å². The van der Waals surface area contributed by atoms with Crippen molar-refractivity contribution in [2.24, 2.45) is 0 Å². The Morgan fingerprint density at radius 1 is 0.967 bits per heavy atom. The van der Waals surface area contributed by atoms with Crippen LogP contribution in [0.1, 0.15) is 30.5 Å². The number of sulfonamides is 1. The molecule has 1 saturated heterocycles. The standard InChI is InChI=1S/C22H27N3O4S/c1-17-8-10-20(11-9-17)30(28,29)25-14-12-24(13-15-25)22(27)16-21(23-18(2)26)19-6-4-3-5-7-19/h3-11,21H,12-16H2,1-2H3,(H,23,26). The minimum absolute atomic E-state index is 0.106. The minimum atomic E-state index is -3.57. The second-order valence-corrected chi connectivity index (χ2v) is 9.40. The summed E-state index contributed by atoms with van der Waals surface area (Å²) in [5.74, 6) is -0.310. The molecule has 1 N–H and O–H groups in total. The van der Waals surface area contributed by atoms with Gasteiger partial charge in [0.15, 0.2) is 0 Å². The highest BCUT2D eigenvalue weighted by molar-refractivity contribution is 7.89. The largest absolute Gasteiger partial charge is 0.349 e. The van der Waals surface area contributed by atoms with Crippen LogP contribution in [0.15, 0.2) is 59.5 Å². The zero-order chi connectivity index (χ0) is 21.7. The van der Waals surface area contributed by atoms with Crippen molar-refractivity contribution in [3.8, 4) is 0 Å². The molecule has 1 aliphatic rings. The zero-order valence-electron chi connectivity index (χ0n) is 17.2. The Kier molecular flexibility index (Phi) is 6.89. The lowest BCUT2D eigenvalue weighted by Gasteiger charge is -2.34. The lowest BCUT2D eigenvalue weighted by molar-refractivity contribution is -0.133. The van der Waals surface area contributed by atoms with E-state index in [1.807, 2.05) is 37.3 Å². The molecule has 8 heteroatoms. The molecule has 0 spiro atoms. The fourth-order valence-electron chi connectivity index (χ4n) is 3.52. The van der Waals surface area contributed by atoms with Crippen molar-refractivity contribution in [3.63, 3.8) is 0 Å². The number of rotatable bonds is 6. The van der Waals surface area contributed by atoms with Gasteiger partial charge in [-0.2, -0.15) is 4.31 Å². The third-order valence-electron chi connectivity index (χ3n) is 5.21. The van der Waals surface area contributed by atoms with Crippen LogP contribution in [-0.2, 0) is 19.6 Å². The number of hydrogen-bond donors (Lipinski definition) is 1. The molecule has 3 rings (SSSR count). The number of carbonyl (C=O) groups excluding carboxylic acids is 2. The van der Waals surface area contributed by atoms with E-state index in [-0.39, 0.29) is 36.2 Å². The van der Waals surface area contributed by atoms with Gasteiger partial charge in [-0.05, 0) is 24.6 Å². The Balaban J connectivity index is 1.63. The highest BCUT2D eigenvalue weighted by atomic mass is 32.2. The molecule has 2 aromatic carbocycles. The molecule has 1 atom stereocenters.